The number of hydrogen-bond donors (Lipinski definition) is 0. The van der Waals surface area contributed by atoms with Gasteiger partial charge in [0.05, 0.1) is 0 Å². The summed E-state index contributed by atoms with van der Waals surface area (Å²) >= 11 is 5.96. The van der Waals surface area contributed by atoms with Crippen molar-refractivity contribution >= 4 is 17.7 Å². The molecule has 0 spiro atoms. The van der Waals surface area contributed by atoms with Crippen LogP contribution in [-0.4, -0.2) is 23.5 Å². The van der Waals surface area contributed by atoms with Crippen molar-refractivity contribution in [2.24, 2.45) is 0 Å². The van der Waals surface area contributed by atoms with Crippen molar-refractivity contribution in [1.29, 1.82) is 0 Å². The molecule has 1 rings (SSSR count). The SMILES string of the molecule is C=CC(=O)OCCN(Cl)Cc1ccccc1. The fraction of sp³-hybridized carbons (Fsp3) is 0.250. The largest absolute Gasteiger partial charge is 0.461 e. The molecule has 0 saturated heterocycles. The van der Waals surface area contributed by atoms with Crippen LogP contribution in [0.5, 0.6) is 0 Å². The minimum absolute atomic E-state index is 0.265. The first-order chi connectivity index (χ1) is 7.72. The van der Waals surface area contributed by atoms with E-state index in [1.165, 1.54) is 0 Å². The Bertz CT molecular complexity index is 340. The molecule has 0 aliphatic heterocycles. The van der Waals surface area contributed by atoms with Gasteiger partial charge in [0.2, 0.25) is 0 Å². The van der Waals surface area contributed by atoms with Crippen molar-refractivity contribution in [2.75, 3.05) is 13.2 Å². The van der Waals surface area contributed by atoms with Gasteiger partial charge in [-0.15, -0.1) is 0 Å². The molecule has 4 heteroatoms. The van der Waals surface area contributed by atoms with Crippen LogP contribution in [0.3, 0.4) is 0 Å². The lowest BCUT2D eigenvalue weighted by Crippen LogP contribution is -2.19. The summed E-state index contributed by atoms with van der Waals surface area (Å²) in [5.41, 5.74) is 1.12. The maximum absolute atomic E-state index is 10.7. The molecule has 0 radical (unpaired) electrons. The van der Waals surface area contributed by atoms with Crippen LogP contribution < -0.4 is 0 Å². The second-order valence-electron chi connectivity index (χ2n) is 3.20. The van der Waals surface area contributed by atoms with Gasteiger partial charge in [-0.3, -0.25) is 0 Å². The summed E-state index contributed by atoms with van der Waals surface area (Å²) in [4.78, 5) is 10.7. The van der Waals surface area contributed by atoms with Crippen LogP contribution >= 0.6 is 11.8 Å². The molecule has 86 valence electrons. The predicted octanol–water partition coefficient (Wildman–Crippen LogP) is 2.37. The van der Waals surface area contributed by atoms with Crippen molar-refractivity contribution < 1.29 is 9.53 Å². The zero-order valence-electron chi connectivity index (χ0n) is 8.93. The monoisotopic (exact) mass is 239 g/mol. The van der Waals surface area contributed by atoms with Gasteiger partial charge in [0, 0.05) is 19.2 Å². The number of esters is 1. The predicted molar refractivity (Wildman–Crippen MR) is 63.9 cm³/mol. The van der Waals surface area contributed by atoms with Gasteiger partial charge in [0.25, 0.3) is 0 Å². The molecule has 0 heterocycles. The van der Waals surface area contributed by atoms with Crippen molar-refractivity contribution in [3.05, 3.63) is 48.6 Å². The number of carbonyl (C=O) groups excluding carboxylic acids is 1. The molecule has 1 aromatic carbocycles. The van der Waals surface area contributed by atoms with Gasteiger partial charge in [-0.05, 0) is 17.3 Å². The number of hydrogen-bond acceptors (Lipinski definition) is 3. The average molecular weight is 240 g/mol. The lowest BCUT2D eigenvalue weighted by atomic mass is 10.2. The highest BCUT2D eigenvalue weighted by Crippen LogP contribution is 2.06. The first-order valence-electron chi connectivity index (χ1n) is 4.96. The molecule has 1 aromatic rings. The van der Waals surface area contributed by atoms with Crippen LogP contribution in [0.4, 0.5) is 0 Å². The molecule has 0 aliphatic carbocycles. The second-order valence-corrected chi connectivity index (χ2v) is 3.68. The highest BCUT2D eigenvalue weighted by Gasteiger charge is 2.03. The van der Waals surface area contributed by atoms with Crippen LogP contribution in [0.2, 0.25) is 0 Å². The number of halogens is 1. The normalized spacial score (nSPS) is 10.1. The van der Waals surface area contributed by atoms with E-state index in [-0.39, 0.29) is 6.61 Å². The molecule has 0 unspecified atom stereocenters. The fourth-order valence-corrected chi connectivity index (χ4v) is 1.37. The van der Waals surface area contributed by atoms with Gasteiger partial charge < -0.3 is 4.74 Å². The molecule has 0 saturated carbocycles. The molecule has 3 nitrogen and oxygen atoms in total. The Kier molecular flexibility index (Phi) is 5.61. The molecule has 0 N–H and O–H groups in total. The van der Waals surface area contributed by atoms with Crippen LogP contribution in [-0.2, 0) is 16.1 Å². The van der Waals surface area contributed by atoms with E-state index in [0.717, 1.165) is 11.6 Å². The summed E-state index contributed by atoms with van der Waals surface area (Å²) in [6, 6.07) is 9.85. The number of carbonyl (C=O) groups is 1. The minimum Gasteiger partial charge on any atom is -0.461 e. The Morgan fingerprint density at radius 1 is 1.44 bits per heavy atom. The molecular formula is C12H14ClNO2. The Labute approximate surface area is 100 Å². The van der Waals surface area contributed by atoms with E-state index < -0.39 is 5.97 Å². The van der Waals surface area contributed by atoms with E-state index in [9.17, 15) is 4.79 Å². The zero-order chi connectivity index (χ0) is 11.8. The topological polar surface area (TPSA) is 29.5 Å². The molecule has 0 bridgehead atoms. The third-order valence-electron chi connectivity index (χ3n) is 1.94. The van der Waals surface area contributed by atoms with Crippen molar-refractivity contribution in [3.8, 4) is 0 Å². The standard InChI is InChI=1S/C12H14ClNO2/c1-2-12(15)16-9-8-14(13)10-11-6-4-3-5-7-11/h2-7H,1,8-10H2. The average Bonchev–Trinajstić information content (AvgIpc) is 2.30. The summed E-state index contributed by atoms with van der Waals surface area (Å²) in [5, 5.41) is 0. The minimum atomic E-state index is -0.426. The van der Waals surface area contributed by atoms with E-state index in [0.29, 0.717) is 13.1 Å². The summed E-state index contributed by atoms with van der Waals surface area (Å²) < 4.78 is 6.39. The second kappa shape index (κ2) is 7.04. The van der Waals surface area contributed by atoms with Crippen molar-refractivity contribution in [3.63, 3.8) is 0 Å². The van der Waals surface area contributed by atoms with Crippen LogP contribution in [0.15, 0.2) is 43.0 Å². The molecule has 0 aliphatic rings. The van der Waals surface area contributed by atoms with E-state index >= 15 is 0 Å². The molecule has 0 fully saturated rings. The lowest BCUT2D eigenvalue weighted by molar-refractivity contribution is -0.137. The third-order valence-corrected chi connectivity index (χ3v) is 2.23. The number of benzene rings is 1. The number of nitrogens with zero attached hydrogens (tertiary/aromatic N) is 1. The lowest BCUT2D eigenvalue weighted by Gasteiger charge is -2.13. The van der Waals surface area contributed by atoms with Gasteiger partial charge in [0.15, 0.2) is 0 Å². The maximum Gasteiger partial charge on any atom is 0.330 e. The summed E-state index contributed by atoms with van der Waals surface area (Å²) in [6.07, 6.45) is 1.13. The first kappa shape index (κ1) is 12.7. The highest BCUT2D eigenvalue weighted by molar-refractivity contribution is 6.13. The van der Waals surface area contributed by atoms with E-state index in [4.69, 9.17) is 16.5 Å². The Morgan fingerprint density at radius 2 is 2.12 bits per heavy atom. The van der Waals surface area contributed by atoms with Gasteiger partial charge in [-0.25, -0.2) is 9.21 Å². The Balaban J connectivity index is 2.23. The van der Waals surface area contributed by atoms with Crippen LogP contribution in [0, 0.1) is 0 Å². The van der Waals surface area contributed by atoms with E-state index in [1.54, 1.807) is 4.42 Å². The molecule has 0 aromatic heterocycles. The number of ether oxygens (including phenoxy) is 1. The Hall–Kier alpha value is -1.32. The van der Waals surface area contributed by atoms with Crippen molar-refractivity contribution in [2.45, 2.75) is 6.54 Å². The maximum atomic E-state index is 10.7. The van der Waals surface area contributed by atoms with Crippen LogP contribution in [0.25, 0.3) is 0 Å². The summed E-state index contributed by atoms with van der Waals surface area (Å²) in [6.45, 7) is 4.67. The highest BCUT2D eigenvalue weighted by atomic mass is 35.5. The molecule has 0 amide bonds. The molecule has 0 atom stereocenters. The molecule has 16 heavy (non-hydrogen) atoms. The Morgan fingerprint density at radius 3 is 2.75 bits per heavy atom. The quantitative estimate of drug-likeness (QED) is 0.434. The number of rotatable bonds is 6. The first-order valence-corrected chi connectivity index (χ1v) is 5.30. The zero-order valence-corrected chi connectivity index (χ0v) is 9.69. The smallest absolute Gasteiger partial charge is 0.330 e. The molecular weight excluding hydrogens is 226 g/mol. The summed E-state index contributed by atoms with van der Waals surface area (Å²) in [7, 11) is 0. The fourth-order valence-electron chi connectivity index (χ4n) is 1.16. The van der Waals surface area contributed by atoms with Gasteiger partial charge in [0.1, 0.15) is 6.61 Å². The van der Waals surface area contributed by atoms with E-state index in [1.807, 2.05) is 30.3 Å². The third kappa shape index (κ3) is 4.96. The van der Waals surface area contributed by atoms with Gasteiger partial charge >= 0.3 is 5.97 Å². The van der Waals surface area contributed by atoms with E-state index in [2.05, 4.69) is 6.58 Å². The van der Waals surface area contributed by atoms with Gasteiger partial charge in [-0.2, -0.15) is 0 Å². The van der Waals surface area contributed by atoms with Crippen molar-refractivity contribution in [1.82, 2.24) is 4.42 Å². The van der Waals surface area contributed by atoms with Gasteiger partial charge in [-0.1, -0.05) is 36.9 Å². The summed E-state index contributed by atoms with van der Waals surface area (Å²) in [5.74, 6) is -0.426. The van der Waals surface area contributed by atoms with Crippen LogP contribution in [0.1, 0.15) is 5.56 Å².